The third-order valence-corrected chi connectivity index (χ3v) is 2.52. The smallest absolute Gasteiger partial charge is 0.172 e. The number of aldehydes is 1. The highest BCUT2D eigenvalue weighted by Gasteiger charge is 2.28. The largest absolute Gasteiger partial charge is 0.480 e. The van der Waals surface area contributed by atoms with Gasteiger partial charge in [-0.1, -0.05) is 24.0 Å². The highest BCUT2D eigenvalue weighted by Crippen LogP contribution is 2.15. The van der Waals surface area contributed by atoms with Crippen molar-refractivity contribution in [1.29, 1.82) is 0 Å². The minimum atomic E-state index is -1.29. The molecule has 0 bridgehead atoms. The second kappa shape index (κ2) is 6.34. The molecule has 1 aromatic rings. The zero-order valence-corrected chi connectivity index (χ0v) is 10.3. The maximum Gasteiger partial charge on any atom is 0.172 e. The van der Waals surface area contributed by atoms with E-state index < -0.39 is 5.60 Å². The highest BCUT2D eigenvalue weighted by molar-refractivity contribution is 5.79. The van der Waals surface area contributed by atoms with Crippen LogP contribution in [0.2, 0.25) is 0 Å². The molecule has 1 aliphatic heterocycles. The Hall–Kier alpha value is -1.87. The molecule has 0 atom stereocenters. The Morgan fingerprint density at radius 1 is 1.37 bits per heavy atom. The van der Waals surface area contributed by atoms with Crippen molar-refractivity contribution in [3.05, 3.63) is 29.8 Å². The summed E-state index contributed by atoms with van der Waals surface area (Å²) >= 11 is 0. The molecule has 1 N–H and O–H groups in total. The monoisotopic (exact) mass is 262 g/mol. The van der Waals surface area contributed by atoms with Gasteiger partial charge in [-0.05, 0) is 12.1 Å². The molecule has 0 amide bonds. The van der Waals surface area contributed by atoms with Gasteiger partial charge in [0.05, 0.1) is 18.8 Å². The topological polar surface area (TPSA) is 65.0 Å². The Morgan fingerprint density at radius 3 is 2.84 bits per heavy atom. The van der Waals surface area contributed by atoms with E-state index in [4.69, 9.17) is 14.2 Å². The quantitative estimate of drug-likeness (QED) is 0.639. The molecule has 1 fully saturated rings. The molecule has 5 heteroatoms. The molecule has 1 heterocycles. The van der Waals surface area contributed by atoms with Crippen molar-refractivity contribution >= 4 is 6.29 Å². The molecule has 1 aliphatic rings. The normalized spacial score (nSPS) is 17.1. The van der Waals surface area contributed by atoms with Gasteiger partial charge in [-0.2, -0.15) is 0 Å². The lowest BCUT2D eigenvalue weighted by Crippen LogP contribution is -2.42. The van der Waals surface area contributed by atoms with Crippen LogP contribution >= 0.6 is 0 Å². The number of carbonyl (C=O) groups excluding carboxylic acids is 1. The molecule has 0 aromatic heterocycles. The fraction of sp³-hybridized carbons (Fsp3) is 0.357. The fourth-order valence-electron chi connectivity index (χ4n) is 1.62. The first kappa shape index (κ1) is 13.6. The summed E-state index contributed by atoms with van der Waals surface area (Å²) in [4.78, 5) is 10.8. The molecular weight excluding hydrogens is 248 g/mol. The summed E-state index contributed by atoms with van der Waals surface area (Å²) in [5, 5.41) is 9.93. The zero-order chi connectivity index (χ0) is 13.6. The van der Waals surface area contributed by atoms with Gasteiger partial charge in [-0.3, -0.25) is 4.79 Å². The van der Waals surface area contributed by atoms with E-state index in [1.807, 2.05) is 0 Å². The summed E-state index contributed by atoms with van der Waals surface area (Å²) in [6, 6.07) is 6.87. The standard InChI is InChI=1S/C14H14O5/c15-8-12-4-1-2-5-13(12)19-7-3-6-14(16)9-17-11-18-10-14/h1-2,4-5,8,16H,7,9-11H2. The number of benzene rings is 1. The van der Waals surface area contributed by atoms with Gasteiger partial charge in [0, 0.05) is 0 Å². The van der Waals surface area contributed by atoms with Gasteiger partial charge in [0.1, 0.15) is 19.1 Å². The van der Waals surface area contributed by atoms with Crippen LogP contribution in [-0.2, 0) is 9.47 Å². The Kier molecular flexibility index (Phi) is 4.53. The van der Waals surface area contributed by atoms with Crippen LogP contribution in [0, 0.1) is 11.8 Å². The SMILES string of the molecule is O=Cc1ccccc1OCC#CC1(O)COCOC1. The van der Waals surface area contributed by atoms with Crippen LogP contribution < -0.4 is 4.74 Å². The van der Waals surface area contributed by atoms with Crippen molar-refractivity contribution in [3.8, 4) is 17.6 Å². The molecule has 0 saturated carbocycles. The van der Waals surface area contributed by atoms with E-state index in [1.54, 1.807) is 24.3 Å². The number of ether oxygens (including phenoxy) is 3. The van der Waals surface area contributed by atoms with Gasteiger partial charge in [-0.15, -0.1) is 0 Å². The number of rotatable bonds is 3. The van der Waals surface area contributed by atoms with Crippen LogP contribution in [0.3, 0.4) is 0 Å². The van der Waals surface area contributed by atoms with Crippen molar-refractivity contribution in [2.45, 2.75) is 5.60 Å². The van der Waals surface area contributed by atoms with E-state index in [2.05, 4.69) is 11.8 Å². The van der Waals surface area contributed by atoms with E-state index >= 15 is 0 Å². The van der Waals surface area contributed by atoms with Crippen LogP contribution in [0.25, 0.3) is 0 Å². The van der Waals surface area contributed by atoms with Gasteiger partial charge >= 0.3 is 0 Å². The average Bonchev–Trinajstić information content (AvgIpc) is 2.45. The number of aliphatic hydroxyl groups is 1. The number of hydrogen-bond donors (Lipinski definition) is 1. The number of hydrogen-bond acceptors (Lipinski definition) is 5. The van der Waals surface area contributed by atoms with E-state index in [-0.39, 0.29) is 26.6 Å². The lowest BCUT2D eigenvalue weighted by Gasteiger charge is -2.26. The van der Waals surface area contributed by atoms with Gasteiger partial charge in [0.25, 0.3) is 0 Å². The second-order valence-electron chi connectivity index (χ2n) is 4.09. The molecule has 0 aliphatic carbocycles. The van der Waals surface area contributed by atoms with Crippen LogP contribution in [-0.4, -0.2) is 43.6 Å². The molecule has 19 heavy (non-hydrogen) atoms. The predicted octanol–water partition coefficient (Wildman–Crippen LogP) is 0.617. The van der Waals surface area contributed by atoms with Crippen LogP contribution in [0.15, 0.2) is 24.3 Å². The summed E-state index contributed by atoms with van der Waals surface area (Å²) in [5.74, 6) is 5.81. The predicted molar refractivity (Wildman–Crippen MR) is 66.8 cm³/mol. The maximum absolute atomic E-state index is 10.8. The third kappa shape index (κ3) is 3.80. The molecule has 0 spiro atoms. The van der Waals surface area contributed by atoms with E-state index in [9.17, 15) is 9.90 Å². The van der Waals surface area contributed by atoms with E-state index in [1.165, 1.54) is 0 Å². The van der Waals surface area contributed by atoms with Crippen molar-refractivity contribution in [2.24, 2.45) is 0 Å². The lowest BCUT2D eigenvalue weighted by atomic mass is 10.1. The van der Waals surface area contributed by atoms with Crippen molar-refractivity contribution in [3.63, 3.8) is 0 Å². The summed E-state index contributed by atoms with van der Waals surface area (Å²) in [6.45, 7) is 0.482. The van der Waals surface area contributed by atoms with Gasteiger partial charge in [0.2, 0.25) is 0 Å². The minimum absolute atomic E-state index is 0.0766. The lowest BCUT2D eigenvalue weighted by molar-refractivity contribution is -0.177. The molecule has 0 unspecified atom stereocenters. The fourth-order valence-corrected chi connectivity index (χ4v) is 1.62. The Bertz CT molecular complexity index is 494. The first-order chi connectivity index (χ1) is 9.23. The first-order valence-electron chi connectivity index (χ1n) is 5.78. The number of para-hydroxylation sites is 1. The van der Waals surface area contributed by atoms with E-state index in [0.717, 1.165) is 6.29 Å². The average molecular weight is 262 g/mol. The zero-order valence-electron chi connectivity index (χ0n) is 10.3. The molecular formula is C14H14O5. The van der Waals surface area contributed by atoms with Crippen molar-refractivity contribution < 1.29 is 24.1 Å². The van der Waals surface area contributed by atoms with Gasteiger partial charge < -0.3 is 19.3 Å². The second-order valence-corrected chi connectivity index (χ2v) is 4.09. The molecule has 1 saturated heterocycles. The summed E-state index contributed by atoms with van der Waals surface area (Å²) in [7, 11) is 0. The third-order valence-electron chi connectivity index (χ3n) is 2.52. The minimum Gasteiger partial charge on any atom is -0.480 e. The summed E-state index contributed by atoms with van der Waals surface area (Å²) in [5.41, 5.74) is -0.821. The van der Waals surface area contributed by atoms with E-state index in [0.29, 0.717) is 11.3 Å². The Labute approximate surface area is 111 Å². The van der Waals surface area contributed by atoms with Crippen LogP contribution in [0.1, 0.15) is 10.4 Å². The molecule has 1 aromatic carbocycles. The summed E-state index contributed by atoms with van der Waals surface area (Å²) in [6.07, 6.45) is 0.721. The van der Waals surface area contributed by atoms with Crippen molar-refractivity contribution in [1.82, 2.24) is 0 Å². The van der Waals surface area contributed by atoms with Crippen molar-refractivity contribution in [2.75, 3.05) is 26.6 Å². The molecule has 2 rings (SSSR count). The highest BCUT2D eigenvalue weighted by atomic mass is 16.7. The Morgan fingerprint density at radius 2 is 2.11 bits per heavy atom. The van der Waals surface area contributed by atoms with Gasteiger partial charge in [0.15, 0.2) is 11.9 Å². The van der Waals surface area contributed by atoms with Crippen LogP contribution in [0.5, 0.6) is 5.75 Å². The molecule has 0 radical (unpaired) electrons. The molecule has 100 valence electrons. The summed E-state index contributed by atoms with van der Waals surface area (Å²) < 4.78 is 15.3. The van der Waals surface area contributed by atoms with Gasteiger partial charge in [-0.25, -0.2) is 0 Å². The first-order valence-corrected chi connectivity index (χ1v) is 5.78. The van der Waals surface area contributed by atoms with Crippen LogP contribution in [0.4, 0.5) is 0 Å². The Balaban J connectivity index is 1.91. The number of carbonyl (C=O) groups is 1. The molecule has 5 nitrogen and oxygen atoms in total. The maximum atomic E-state index is 10.8.